The number of nitro benzene ring substituents is 1. The van der Waals surface area contributed by atoms with Crippen molar-refractivity contribution in [2.45, 2.75) is 25.8 Å². The van der Waals surface area contributed by atoms with Crippen molar-refractivity contribution in [3.63, 3.8) is 0 Å². The van der Waals surface area contributed by atoms with Crippen molar-refractivity contribution in [1.29, 1.82) is 0 Å². The number of carbonyl (C=O) groups is 1. The second kappa shape index (κ2) is 8.62. The van der Waals surface area contributed by atoms with Gasteiger partial charge < -0.3 is 10.2 Å². The number of aromatic nitrogens is 1. The minimum atomic E-state index is -0.403. The first-order chi connectivity index (χ1) is 14.5. The Hall–Kier alpha value is -3.26. The van der Waals surface area contributed by atoms with Crippen molar-refractivity contribution < 1.29 is 9.72 Å². The van der Waals surface area contributed by atoms with E-state index in [-0.39, 0.29) is 11.5 Å². The maximum Gasteiger partial charge on any atom is 0.293 e. The van der Waals surface area contributed by atoms with Gasteiger partial charge in [0.25, 0.3) is 5.69 Å². The fourth-order valence-corrected chi connectivity index (χ4v) is 4.46. The van der Waals surface area contributed by atoms with Gasteiger partial charge in [-0.15, -0.1) is 11.3 Å². The maximum absolute atomic E-state index is 12.7. The lowest BCUT2D eigenvalue weighted by molar-refractivity contribution is -0.384. The van der Waals surface area contributed by atoms with E-state index in [1.165, 1.54) is 6.07 Å². The normalized spacial score (nSPS) is 14.5. The third-order valence-electron chi connectivity index (χ3n) is 5.25. The molecule has 1 saturated heterocycles. The van der Waals surface area contributed by atoms with Crippen molar-refractivity contribution in [1.82, 2.24) is 4.98 Å². The summed E-state index contributed by atoms with van der Waals surface area (Å²) in [6.45, 7) is 3.37. The SMILES string of the molecule is Cc1csc(NC2CCN(c3ccc(C(=O)c4ccccc4)cc3[N+](=O)[O-])CC2)n1. The molecule has 2 aromatic carbocycles. The summed E-state index contributed by atoms with van der Waals surface area (Å²) in [7, 11) is 0. The van der Waals surface area contributed by atoms with Gasteiger partial charge in [-0.2, -0.15) is 0 Å². The number of piperidine rings is 1. The highest BCUT2D eigenvalue weighted by atomic mass is 32.1. The zero-order valence-corrected chi connectivity index (χ0v) is 17.4. The van der Waals surface area contributed by atoms with Gasteiger partial charge in [-0.1, -0.05) is 30.3 Å². The number of anilines is 2. The lowest BCUT2D eigenvalue weighted by Gasteiger charge is -2.33. The van der Waals surface area contributed by atoms with Gasteiger partial charge in [0.15, 0.2) is 10.9 Å². The monoisotopic (exact) mass is 422 g/mol. The van der Waals surface area contributed by atoms with Gasteiger partial charge in [0, 0.05) is 41.7 Å². The average molecular weight is 423 g/mol. The number of benzene rings is 2. The summed E-state index contributed by atoms with van der Waals surface area (Å²) in [5.74, 6) is -0.216. The van der Waals surface area contributed by atoms with Crippen molar-refractivity contribution in [3.8, 4) is 0 Å². The molecule has 30 heavy (non-hydrogen) atoms. The number of hydrogen-bond acceptors (Lipinski definition) is 7. The van der Waals surface area contributed by atoms with Crippen LogP contribution in [0.5, 0.6) is 0 Å². The number of hydrogen-bond donors (Lipinski definition) is 1. The predicted molar refractivity (Wildman–Crippen MR) is 119 cm³/mol. The number of carbonyl (C=O) groups excluding carboxylic acids is 1. The molecule has 1 aromatic heterocycles. The van der Waals surface area contributed by atoms with Crippen LogP contribution in [0.4, 0.5) is 16.5 Å². The fourth-order valence-electron chi connectivity index (χ4n) is 3.69. The van der Waals surface area contributed by atoms with Crippen LogP contribution in [0.1, 0.15) is 34.5 Å². The number of nitrogens with zero attached hydrogens (tertiary/aromatic N) is 3. The summed E-state index contributed by atoms with van der Waals surface area (Å²) in [6.07, 6.45) is 1.72. The van der Waals surface area contributed by atoms with Crippen molar-refractivity contribution in [2.75, 3.05) is 23.3 Å². The van der Waals surface area contributed by atoms with Crippen LogP contribution < -0.4 is 10.2 Å². The molecule has 8 heteroatoms. The summed E-state index contributed by atoms with van der Waals surface area (Å²) in [4.78, 5) is 30.5. The van der Waals surface area contributed by atoms with E-state index >= 15 is 0 Å². The molecule has 0 bridgehead atoms. The number of ketones is 1. The quantitative estimate of drug-likeness (QED) is 0.353. The standard InChI is InChI=1S/C22H22N4O3S/c1-15-14-30-22(23-15)24-18-9-11-25(12-10-18)19-8-7-17(13-20(19)26(28)29)21(27)16-5-3-2-4-6-16/h2-8,13-14,18H,9-12H2,1H3,(H,23,24). The molecule has 0 spiro atoms. The zero-order valence-electron chi connectivity index (χ0n) is 16.6. The van der Waals surface area contributed by atoms with Gasteiger partial charge in [-0.05, 0) is 31.9 Å². The molecule has 0 saturated carbocycles. The molecule has 4 rings (SSSR count). The fraction of sp³-hybridized carbons (Fsp3) is 0.273. The Morgan fingerprint density at radius 1 is 1.17 bits per heavy atom. The van der Waals surface area contributed by atoms with Gasteiger partial charge in [0.05, 0.1) is 10.6 Å². The van der Waals surface area contributed by atoms with Crippen LogP contribution in [-0.2, 0) is 0 Å². The summed E-state index contributed by atoms with van der Waals surface area (Å²) in [5, 5.41) is 18.1. The topological polar surface area (TPSA) is 88.4 Å². The van der Waals surface area contributed by atoms with Crippen LogP contribution in [0.15, 0.2) is 53.9 Å². The molecule has 1 aliphatic heterocycles. The Kier molecular flexibility index (Phi) is 5.76. The van der Waals surface area contributed by atoms with E-state index < -0.39 is 4.92 Å². The third kappa shape index (κ3) is 4.33. The van der Waals surface area contributed by atoms with Gasteiger partial charge in [0.2, 0.25) is 0 Å². The molecule has 0 radical (unpaired) electrons. The Bertz CT molecular complexity index is 1060. The first kappa shape index (κ1) is 20.0. The van der Waals surface area contributed by atoms with Gasteiger partial charge in [-0.25, -0.2) is 4.98 Å². The van der Waals surface area contributed by atoms with Crippen LogP contribution in [0.3, 0.4) is 0 Å². The van der Waals surface area contributed by atoms with E-state index in [4.69, 9.17) is 0 Å². The van der Waals surface area contributed by atoms with Gasteiger partial charge in [-0.3, -0.25) is 14.9 Å². The van der Waals surface area contributed by atoms with E-state index in [1.54, 1.807) is 47.7 Å². The molecule has 3 aromatic rings. The average Bonchev–Trinajstić information content (AvgIpc) is 3.18. The Morgan fingerprint density at radius 3 is 2.53 bits per heavy atom. The maximum atomic E-state index is 12.7. The summed E-state index contributed by atoms with van der Waals surface area (Å²) in [6, 6.07) is 13.9. The Morgan fingerprint density at radius 2 is 1.90 bits per heavy atom. The highest BCUT2D eigenvalue weighted by molar-refractivity contribution is 7.13. The third-order valence-corrected chi connectivity index (χ3v) is 6.14. The van der Waals surface area contributed by atoms with Crippen LogP contribution >= 0.6 is 11.3 Å². The summed E-state index contributed by atoms with van der Waals surface area (Å²) in [5.41, 5.74) is 2.38. The number of rotatable bonds is 6. The molecule has 7 nitrogen and oxygen atoms in total. The number of nitro groups is 1. The zero-order chi connectivity index (χ0) is 21.1. The van der Waals surface area contributed by atoms with E-state index in [0.717, 1.165) is 23.7 Å². The predicted octanol–water partition coefficient (Wildman–Crippen LogP) is 4.67. The molecule has 0 amide bonds. The smallest absolute Gasteiger partial charge is 0.293 e. The highest BCUT2D eigenvalue weighted by Gasteiger charge is 2.26. The number of aryl methyl sites for hydroxylation is 1. The van der Waals surface area contributed by atoms with Crippen molar-refractivity contribution in [2.24, 2.45) is 0 Å². The summed E-state index contributed by atoms with van der Waals surface area (Å²) < 4.78 is 0. The second-order valence-electron chi connectivity index (χ2n) is 7.36. The molecular weight excluding hydrogens is 400 g/mol. The van der Waals surface area contributed by atoms with Gasteiger partial charge in [0.1, 0.15) is 5.69 Å². The minimum absolute atomic E-state index is 0.0289. The molecule has 0 unspecified atom stereocenters. The molecular formula is C22H22N4O3S. The highest BCUT2D eigenvalue weighted by Crippen LogP contribution is 2.32. The Balaban J connectivity index is 1.49. The van der Waals surface area contributed by atoms with E-state index in [9.17, 15) is 14.9 Å². The van der Waals surface area contributed by atoms with Gasteiger partial charge >= 0.3 is 0 Å². The number of nitrogens with one attached hydrogen (secondary N) is 1. The molecule has 1 aliphatic rings. The van der Waals surface area contributed by atoms with E-state index in [1.807, 2.05) is 23.3 Å². The molecule has 1 N–H and O–H groups in total. The number of thiazole rings is 1. The second-order valence-corrected chi connectivity index (χ2v) is 8.21. The van der Waals surface area contributed by atoms with Crippen LogP contribution in [-0.4, -0.2) is 34.8 Å². The minimum Gasteiger partial charge on any atom is -0.366 e. The van der Waals surface area contributed by atoms with Crippen molar-refractivity contribution in [3.05, 3.63) is 80.8 Å². The van der Waals surface area contributed by atoms with Crippen LogP contribution in [0, 0.1) is 17.0 Å². The Labute approximate surface area is 178 Å². The van der Waals surface area contributed by atoms with Crippen LogP contribution in [0.2, 0.25) is 0 Å². The van der Waals surface area contributed by atoms with E-state index in [2.05, 4.69) is 10.3 Å². The molecule has 154 valence electrons. The largest absolute Gasteiger partial charge is 0.366 e. The van der Waals surface area contributed by atoms with Crippen LogP contribution in [0.25, 0.3) is 0 Å². The first-order valence-electron chi connectivity index (χ1n) is 9.83. The van der Waals surface area contributed by atoms with Crippen molar-refractivity contribution >= 4 is 33.6 Å². The summed E-state index contributed by atoms with van der Waals surface area (Å²) >= 11 is 1.59. The first-order valence-corrected chi connectivity index (χ1v) is 10.7. The van der Waals surface area contributed by atoms with E-state index in [0.29, 0.717) is 35.9 Å². The lowest BCUT2D eigenvalue weighted by Crippen LogP contribution is -2.39. The lowest BCUT2D eigenvalue weighted by atomic mass is 10.0. The molecule has 0 atom stereocenters. The molecule has 2 heterocycles. The molecule has 1 fully saturated rings. The molecule has 0 aliphatic carbocycles.